The Morgan fingerprint density at radius 2 is 1.95 bits per heavy atom. The normalized spacial score (nSPS) is 24.1. The van der Waals surface area contributed by atoms with Crippen molar-refractivity contribution in [1.29, 1.82) is 0 Å². The zero-order valence-electron chi connectivity index (χ0n) is 12.4. The lowest BCUT2D eigenvalue weighted by atomic mass is 9.91. The minimum Gasteiger partial charge on any atom is -0.323 e. The van der Waals surface area contributed by atoms with Crippen LogP contribution in [0.5, 0.6) is 0 Å². The minimum absolute atomic E-state index is 0.137. The van der Waals surface area contributed by atoms with Gasteiger partial charge in [0.2, 0.25) is 0 Å². The molecule has 1 aliphatic rings. The van der Waals surface area contributed by atoms with E-state index in [1.807, 2.05) is 0 Å². The molecule has 2 heteroatoms. The smallest absolute Gasteiger partial charge is 0.0453 e. The number of piperidine rings is 1. The monoisotopic (exact) mass is 260 g/mol. The van der Waals surface area contributed by atoms with E-state index in [1.54, 1.807) is 0 Å². The largest absolute Gasteiger partial charge is 0.323 e. The molecule has 0 aliphatic carbocycles. The molecule has 0 radical (unpaired) electrons. The van der Waals surface area contributed by atoms with Crippen LogP contribution in [0, 0.1) is 0 Å². The Morgan fingerprint density at radius 1 is 1.21 bits per heavy atom. The first-order valence-electron chi connectivity index (χ1n) is 7.84. The second-order valence-corrected chi connectivity index (χ2v) is 5.71. The van der Waals surface area contributed by atoms with Gasteiger partial charge in [-0.1, -0.05) is 50.6 Å². The van der Waals surface area contributed by atoms with Crippen LogP contribution >= 0.6 is 0 Å². The molecule has 3 unspecified atom stereocenters. The summed E-state index contributed by atoms with van der Waals surface area (Å²) < 4.78 is 0. The van der Waals surface area contributed by atoms with Gasteiger partial charge < -0.3 is 5.73 Å². The number of nitrogens with zero attached hydrogens (tertiary/aromatic N) is 1. The summed E-state index contributed by atoms with van der Waals surface area (Å²) >= 11 is 0. The van der Waals surface area contributed by atoms with Gasteiger partial charge in [-0.15, -0.1) is 0 Å². The SMILES string of the molecule is CCC1CCCCN1C(CC)C(N)c1ccccc1. The Morgan fingerprint density at radius 3 is 2.58 bits per heavy atom. The van der Waals surface area contributed by atoms with Crippen LogP contribution in [0.2, 0.25) is 0 Å². The Kier molecular flexibility index (Phi) is 5.41. The van der Waals surface area contributed by atoms with Gasteiger partial charge in [-0.2, -0.15) is 0 Å². The fourth-order valence-electron chi connectivity index (χ4n) is 3.49. The van der Waals surface area contributed by atoms with Gasteiger partial charge in [0.25, 0.3) is 0 Å². The molecule has 1 heterocycles. The van der Waals surface area contributed by atoms with Gasteiger partial charge in [-0.25, -0.2) is 0 Å². The summed E-state index contributed by atoms with van der Waals surface area (Å²) in [6, 6.07) is 11.9. The molecule has 0 amide bonds. The van der Waals surface area contributed by atoms with E-state index in [0.717, 1.165) is 12.5 Å². The summed E-state index contributed by atoms with van der Waals surface area (Å²) in [7, 11) is 0. The third-order valence-electron chi connectivity index (χ3n) is 4.59. The van der Waals surface area contributed by atoms with Crippen LogP contribution in [0.3, 0.4) is 0 Å². The lowest BCUT2D eigenvalue weighted by Gasteiger charge is -2.43. The molecule has 106 valence electrons. The first-order chi connectivity index (χ1) is 9.27. The zero-order chi connectivity index (χ0) is 13.7. The predicted octanol–water partition coefficient (Wildman–Crippen LogP) is 3.73. The van der Waals surface area contributed by atoms with E-state index in [-0.39, 0.29) is 6.04 Å². The summed E-state index contributed by atoms with van der Waals surface area (Å²) in [5.41, 5.74) is 7.83. The van der Waals surface area contributed by atoms with Gasteiger partial charge in [-0.3, -0.25) is 4.90 Å². The van der Waals surface area contributed by atoms with E-state index in [9.17, 15) is 0 Å². The topological polar surface area (TPSA) is 29.3 Å². The fraction of sp³-hybridized carbons (Fsp3) is 0.647. The number of rotatable bonds is 5. The molecule has 1 saturated heterocycles. The second kappa shape index (κ2) is 7.06. The predicted molar refractivity (Wildman–Crippen MR) is 82.1 cm³/mol. The van der Waals surface area contributed by atoms with Gasteiger partial charge in [0, 0.05) is 18.1 Å². The highest BCUT2D eigenvalue weighted by molar-refractivity contribution is 5.20. The van der Waals surface area contributed by atoms with Crippen LogP contribution in [-0.2, 0) is 0 Å². The average Bonchev–Trinajstić information content (AvgIpc) is 2.49. The Hall–Kier alpha value is -0.860. The van der Waals surface area contributed by atoms with Crippen LogP contribution in [0.4, 0.5) is 0 Å². The molecule has 0 saturated carbocycles. The van der Waals surface area contributed by atoms with Gasteiger partial charge in [0.1, 0.15) is 0 Å². The molecule has 0 bridgehead atoms. The highest BCUT2D eigenvalue weighted by Gasteiger charge is 2.30. The number of likely N-dealkylation sites (tertiary alicyclic amines) is 1. The number of benzene rings is 1. The first-order valence-corrected chi connectivity index (χ1v) is 7.84. The van der Waals surface area contributed by atoms with Crippen molar-refractivity contribution in [3.63, 3.8) is 0 Å². The number of nitrogens with two attached hydrogens (primary N) is 1. The molecule has 0 spiro atoms. The standard InChI is InChI=1S/C17H28N2/c1-3-15-12-8-9-13-19(15)16(4-2)17(18)14-10-6-5-7-11-14/h5-7,10-11,15-17H,3-4,8-9,12-13,18H2,1-2H3. The van der Waals surface area contributed by atoms with E-state index in [1.165, 1.54) is 37.8 Å². The molecular weight excluding hydrogens is 232 g/mol. The molecule has 2 rings (SSSR count). The summed E-state index contributed by atoms with van der Waals surface area (Å²) in [5.74, 6) is 0. The van der Waals surface area contributed by atoms with E-state index in [4.69, 9.17) is 5.73 Å². The number of hydrogen-bond donors (Lipinski definition) is 1. The fourth-order valence-corrected chi connectivity index (χ4v) is 3.49. The Bertz CT molecular complexity index is 363. The molecule has 2 N–H and O–H groups in total. The van der Waals surface area contributed by atoms with Crippen LogP contribution in [0.25, 0.3) is 0 Å². The summed E-state index contributed by atoms with van der Waals surface area (Å²) in [6.07, 6.45) is 6.43. The van der Waals surface area contributed by atoms with Crippen LogP contribution < -0.4 is 5.73 Å². The molecule has 1 aliphatic heterocycles. The molecule has 1 aromatic carbocycles. The maximum atomic E-state index is 6.56. The lowest BCUT2D eigenvalue weighted by Crippen LogP contribution is -2.50. The third kappa shape index (κ3) is 3.37. The quantitative estimate of drug-likeness (QED) is 0.874. The third-order valence-corrected chi connectivity index (χ3v) is 4.59. The van der Waals surface area contributed by atoms with Crippen LogP contribution in [-0.4, -0.2) is 23.5 Å². The van der Waals surface area contributed by atoms with E-state index < -0.39 is 0 Å². The van der Waals surface area contributed by atoms with Crippen LogP contribution in [0.15, 0.2) is 30.3 Å². The van der Waals surface area contributed by atoms with Crippen molar-refractivity contribution in [2.24, 2.45) is 5.73 Å². The molecule has 0 aromatic heterocycles. The van der Waals surface area contributed by atoms with Gasteiger partial charge in [0.05, 0.1) is 0 Å². The first kappa shape index (κ1) is 14.5. The van der Waals surface area contributed by atoms with Crippen LogP contribution in [0.1, 0.15) is 57.6 Å². The number of hydrogen-bond acceptors (Lipinski definition) is 2. The highest BCUT2D eigenvalue weighted by Crippen LogP contribution is 2.28. The Balaban J connectivity index is 2.14. The minimum atomic E-state index is 0.137. The van der Waals surface area contributed by atoms with Crippen molar-refractivity contribution in [3.05, 3.63) is 35.9 Å². The lowest BCUT2D eigenvalue weighted by molar-refractivity contribution is 0.0745. The van der Waals surface area contributed by atoms with Crippen molar-refractivity contribution < 1.29 is 0 Å². The van der Waals surface area contributed by atoms with Gasteiger partial charge in [-0.05, 0) is 37.8 Å². The Labute approximate surface area is 118 Å². The summed E-state index contributed by atoms with van der Waals surface area (Å²) in [5, 5.41) is 0. The summed E-state index contributed by atoms with van der Waals surface area (Å²) in [6.45, 7) is 5.80. The van der Waals surface area contributed by atoms with Gasteiger partial charge in [0.15, 0.2) is 0 Å². The van der Waals surface area contributed by atoms with E-state index in [0.29, 0.717) is 6.04 Å². The van der Waals surface area contributed by atoms with Crippen molar-refractivity contribution in [1.82, 2.24) is 4.90 Å². The van der Waals surface area contributed by atoms with Gasteiger partial charge >= 0.3 is 0 Å². The van der Waals surface area contributed by atoms with E-state index >= 15 is 0 Å². The second-order valence-electron chi connectivity index (χ2n) is 5.71. The maximum absolute atomic E-state index is 6.56. The zero-order valence-corrected chi connectivity index (χ0v) is 12.4. The maximum Gasteiger partial charge on any atom is 0.0453 e. The molecule has 1 aromatic rings. The van der Waals surface area contributed by atoms with Crippen molar-refractivity contribution >= 4 is 0 Å². The molecule has 2 nitrogen and oxygen atoms in total. The van der Waals surface area contributed by atoms with E-state index in [2.05, 4.69) is 49.1 Å². The molecule has 19 heavy (non-hydrogen) atoms. The average molecular weight is 260 g/mol. The molecule has 1 fully saturated rings. The van der Waals surface area contributed by atoms with Crippen molar-refractivity contribution in [3.8, 4) is 0 Å². The molecular formula is C17H28N2. The van der Waals surface area contributed by atoms with Crippen molar-refractivity contribution in [2.45, 2.75) is 64.1 Å². The molecule has 3 atom stereocenters. The van der Waals surface area contributed by atoms with Crippen molar-refractivity contribution in [2.75, 3.05) is 6.54 Å². The highest BCUT2D eigenvalue weighted by atomic mass is 15.2. The summed E-state index contributed by atoms with van der Waals surface area (Å²) in [4.78, 5) is 2.68.